The molecule has 6 nitrogen and oxygen atoms in total. The van der Waals surface area contributed by atoms with Gasteiger partial charge in [-0.05, 0) is 36.5 Å². The van der Waals surface area contributed by atoms with Crippen LogP contribution in [0.4, 0.5) is 5.00 Å². The molecule has 0 saturated heterocycles. The lowest BCUT2D eigenvalue weighted by Crippen LogP contribution is -2.40. The molecule has 0 aliphatic heterocycles. The van der Waals surface area contributed by atoms with Gasteiger partial charge in [0.2, 0.25) is 0 Å². The summed E-state index contributed by atoms with van der Waals surface area (Å²) in [5, 5.41) is 14.8. The quantitative estimate of drug-likeness (QED) is 0.761. The van der Waals surface area contributed by atoms with E-state index in [1.807, 2.05) is 36.4 Å². The van der Waals surface area contributed by atoms with Crippen molar-refractivity contribution in [1.82, 2.24) is 20.6 Å². The van der Waals surface area contributed by atoms with Crippen molar-refractivity contribution < 1.29 is 4.79 Å². The first-order valence-electron chi connectivity index (χ1n) is 7.90. The van der Waals surface area contributed by atoms with Gasteiger partial charge in [-0.3, -0.25) is 4.79 Å². The van der Waals surface area contributed by atoms with Gasteiger partial charge in [0.05, 0.1) is 15.3 Å². The van der Waals surface area contributed by atoms with E-state index in [1.165, 1.54) is 11.3 Å². The van der Waals surface area contributed by atoms with E-state index in [0.29, 0.717) is 23.7 Å². The number of hydrogen-bond acceptors (Lipinski definition) is 6. The van der Waals surface area contributed by atoms with Crippen molar-refractivity contribution in [1.29, 1.82) is 0 Å². The number of anilines is 1. The molecule has 7 heteroatoms. The summed E-state index contributed by atoms with van der Waals surface area (Å²) in [6, 6.07) is 11.9. The number of carbonyl (C=O) groups is 1. The van der Waals surface area contributed by atoms with Gasteiger partial charge in [-0.15, -0.1) is 21.5 Å². The van der Waals surface area contributed by atoms with Crippen LogP contribution in [0.15, 0.2) is 36.4 Å². The molecule has 1 aliphatic carbocycles. The number of Topliss-reactive ketones (excluding diaryl/α,β-unsaturated/α-hetero) is 1. The number of nitrogen functional groups attached to an aromatic ring is 1. The monoisotopic (exact) mass is 339 g/mol. The molecule has 0 radical (unpaired) electrons. The summed E-state index contributed by atoms with van der Waals surface area (Å²) in [4.78, 5) is 14.2. The predicted molar refractivity (Wildman–Crippen MR) is 92.0 cm³/mol. The molecule has 122 valence electrons. The number of nitrogens with two attached hydrogens (primary N) is 1. The number of tetrazole rings is 1. The average molecular weight is 339 g/mol. The Morgan fingerprint density at radius 3 is 2.88 bits per heavy atom. The molecule has 4 rings (SSSR count). The smallest absolute Gasteiger partial charge is 0.183 e. The van der Waals surface area contributed by atoms with E-state index >= 15 is 0 Å². The van der Waals surface area contributed by atoms with Gasteiger partial charge in [-0.25, -0.2) is 0 Å². The third-order valence-corrected chi connectivity index (χ3v) is 5.79. The maximum atomic E-state index is 13.4. The molecule has 3 N–H and O–H groups in total. The number of aryl methyl sites for hydroxylation is 2. The van der Waals surface area contributed by atoms with Gasteiger partial charge in [0.15, 0.2) is 11.6 Å². The van der Waals surface area contributed by atoms with Crippen LogP contribution in [0, 0.1) is 0 Å². The first kappa shape index (κ1) is 15.0. The van der Waals surface area contributed by atoms with Crippen molar-refractivity contribution in [3.05, 3.63) is 58.2 Å². The first-order chi connectivity index (χ1) is 11.7. The highest BCUT2D eigenvalue weighted by molar-refractivity contribution is 7.18. The van der Waals surface area contributed by atoms with Gasteiger partial charge in [0, 0.05) is 6.42 Å². The molecule has 24 heavy (non-hydrogen) atoms. The average Bonchev–Trinajstić information content (AvgIpc) is 3.25. The van der Waals surface area contributed by atoms with Gasteiger partial charge in [-0.1, -0.05) is 35.5 Å². The van der Waals surface area contributed by atoms with Crippen LogP contribution in [0.1, 0.15) is 39.5 Å². The van der Waals surface area contributed by atoms with Crippen molar-refractivity contribution in [2.24, 2.45) is 0 Å². The minimum atomic E-state index is -0.549. The molecule has 1 unspecified atom stereocenters. The number of hydrogen-bond donors (Lipinski definition) is 2. The second-order valence-electron chi connectivity index (χ2n) is 6.11. The van der Waals surface area contributed by atoms with E-state index in [2.05, 4.69) is 20.6 Å². The summed E-state index contributed by atoms with van der Waals surface area (Å²) in [7, 11) is 0. The van der Waals surface area contributed by atoms with Gasteiger partial charge in [0.1, 0.15) is 0 Å². The van der Waals surface area contributed by atoms with Crippen LogP contribution in [0.25, 0.3) is 0 Å². The van der Waals surface area contributed by atoms with Crippen molar-refractivity contribution in [3.8, 4) is 0 Å². The van der Waals surface area contributed by atoms with Crippen molar-refractivity contribution in [3.63, 3.8) is 0 Å². The second kappa shape index (κ2) is 5.83. The Hall–Kier alpha value is -2.54. The SMILES string of the molecule is Nc1cc2c(s1)C(=O)C(CCc1nn[nH]n1)(c1ccccc1)CC2. The molecule has 3 aromatic rings. The zero-order valence-electron chi connectivity index (χ0n) is 13.0. The summed E-state index contributed by atoms with van der Waals surface area (Å²) in [5.74, 6) is 0.801. The maximum Gasteiger partial charge on any atom is 0.183 e. The van der Waals surface area contributed by atoms with Crippen LogP contribution in [-0.2, 0) is 18.3 Å². The Morgan fingerprint density at radius 1 is 1.29 bits per heavy atom. The molecule has 0 bridgehead atoms. The molecule has 0 saturated carbocycles. The number of aromatic amines is 1. The number of thiophene rings is 1. The van der Waals surface area contributed by atoms with Crippen LogP contribution < -0.4 is 5.73 Å². The molecular weight excluding hydrogens is 322 g/mol. The zero-order chi connectivity index (χ0) is 16.6. The topological polar surface area (TPSA) is 97.5 Å². The molecule has 1 atom stereocenters. The maximum absolute atomic E-state index is 13.4. The molecular formula is C17H17N5OS. The number of ketones is 1. The van der Waals surface area contributed by atoms with E-state index in [4.69, 9.17) is 5.73 Å². The van der Waals surface area contributed by atoms with Gasteiger partial charge >= 0.3 is 0 Å². The highest BCUT2D eigenvalue weighted by Crippen LogP contribution is 2.44. The zero-order valence-corrected chi connectivity index (χ0v) is 13.8. The normalized spacial score (nSPS) is 20.1. The fourth-order valence-electron chi connectivity index (χ4n) is 3.54. The Kier molecular flexibility index (Phi) is 3.65. The van der Waals surface area contributed by atoms with Crippen LogP contribution in [0.5, 0.6) is 0 Å². The van der Waals surface area contributed by atoms with Crippen LogP contribution in [-0.4, -0.2) is 26.4 Å². The number of aromatic nitrogens is 4. The van der Waals surface area contributed by atoms with Crippen molar-refractivity contribution >= 4 is 22.1 Å². The molecule has 1 aliphatic rings. The lowest BCUT2D eigenvalue weighted by molar-refractivity contribution is 0.0854. The number of nitrogens with one attached hydrogen (secondary N) is 1. The minimum Gasteiger partial charge on any atom is -0.391 e. The van der Waals surface area contributed by atoms with Crippen molar-refractivity contribution in [2.75, 3.05) is 5.73 Å². The number of H-pyrrole nitrogens is 1. The summed E-state index contributed by atoms with van der Waals surface area (Å²) in [6.45, 7) is 0. The van der Waals surface area contributed by atoms with Crippen LogP contribution >= 0.6 is 11.3 Å². The Balaban J connectivity index is 1.75. The number of fused-ring (bicyclic) bond motifs is 1. The summed E-state index contributed by atoms with van der Waals surface area (Å²) < 4.78 is 0. The lowest BCUT2D eigenvalue weighted by Gasteiger charge is -2.36. The fourth-order valence-corrected chi connectivity index (χ4v) is 4.55. The largest absolute Gasteiger partial charge is 0.391 e. The molecule has 2 aromatic heterocycles. The van der Waals surface area contributed by atoms with E-state index in [0.717, 1.165) is 28.8 Å². The van der Waals surface area contributed by atoms with E-state index in [9.17, 15) is 4.79 Å². The summed E-state index contributed by atoms with van der Waals surface area (Å²) in [5.41, 5.74) is 7.51. The van der Waals surface area contributed by atoms with Gasteiger partial charge in [-0.2, -0.15) is 5.21 Å². The highest BCUT2D eigenvalue weighted by atomic mass is 32.1. The Morgan fingerprint density at radius 2 is 2.12 bits per heavy atom. The minimum absolute atomic E-state index is 0.167. The van der Waals surface area contributed by atoms with Gasteiger partial charge < -0.3 is 5.73 Å². The van der Waals surface area contributed by atoms with Gasteiger partial charge in [0.25, 0.3) is 0 Å². The molecule has 1 aromatic carbocycles. The van der Waals surface area contributed by atoms with E-state index < -0.39 is 5.41 Å². The summed E-state index contributed by atoms with van der Waals surface area (Å²) >= 11 is 1.40. The van der Waals surface area contributed by atoms with Crippen molar-refractivity contribution in [2.45, 2.75) is 31.1 Å². The van der Waals surface area contributed by atoms with E-state index in [-0.39, 0.29) is 5.78 Å². The number of benzene rings is 1. The third-order valence-electron chi connectivity index (χ3n) is 4.78. The highest BCUT2D eigenvalue weighted by Gasteiger charge is 2.44. The first-order valence-corrected chi connectivity index (χ1v) is 8.71. The van der Waals surface area contributed by atoms with Crippen LogP contribution in [0.3, 0.4) is 0 Å². The lowest BCUT2D eigenvalue weighted by atomic mass is 9.66. The number of carbonyl (C=O) groups excluding carboxylic acids is 1. The molecule has 0 amide bonds. The molecule has 2 heterocycles. The molecule has 0 fully saturated rings. The Labute approximate surface area is 143 Å². The number of rotatable bonds is 4. The molecule has 0 spiro atoms. The van der Waals surface area contributed by atoms with E-state index in [1.54, 1.807) is 0 Å². The third kappa shape index (κ3) is 2.41. The predicted octanol–water partition coefficient (Wildman–Crippen LogP) is 2.54. The number of nitrogens with zero attached hydrogens (tertiary/aromatic N) is 3. The summed E-state index contributed by atoms with van der Waals surface area (Å²) in [6.07, 6.45) is 2.90. The second-order valence-corrected chi connectivity index (χ2v) is 7.19. The Bertz CT molecular complexity index is 859. The standard InChI is InChI=1S/C17H17N5OS/c18-13-10-11-6-8-17(16(23)15(11)24-13,12-4-2-1-3-5-12)9-7-14-19-21-22-20-14/h1-5,10H,6-9,18H2,(H,19,20,21,22). The fraction of sp³-hybridized carbons (Fsp3) is 0.294. The van der Waals surface area contributed by atoms with Crippen LogP contribution in [0.2, 0.25) is 0 Å².